The Bertz CT molecular complexity index is 504. The first kappa shape index (κ1) is 11.6. The lowest BCUT2D eigenvalue weighted by Gasteiger charge is -2.38. The SMILES string of the molecule is CC1=CN2C(=N[P+]3([S-])CC(C)=C(C)C[C@@H]23)C=C1. The second-order valence-electron chi connectivity index (χ2n) is 5.23. The Hall–Kier alpha value is -0.530. The third-order valence-electron chi connectivity index (χ3n) is 3.84. The molecule has 0 saturated carbocycles. The van der Waals surface area contributed by atoms with Crippen LogP contribution < -0.4 is 0 Å². The van der Waals surface area contributed by atoms with Crippen LogP contribution in [-0.4, -0.2) is 22.7 Å². The van der Waals surface area contributed by atoms with E-state index in [1.54, 1.807) is 0 Å². The maximum Gasteiger partial charge on any atom is 0.171 e. The Morgan fingerprint density at radius 3 is 2.82 bits per heavy atom. The summed E-state index contributed by atoms with van der Waals surface area (Å²) < 4.78 is 4.89. The minimum Gasteiger partial charge on any atom is -0.527 e. The van der Waals surface area contributed by atoms with E-state index in [2.05, 4.69) is 44.0 Å². The molecule has 0 bridgehead atoms. The van der Waals surface area contributed by atoms with E-state index in [0.29, 0.717) is 5.78 Å². The van der Waals surface area contributed by atoms with Crippen LogP contribution in [0.2, 0.25) is 0 Å². The molecule has 4 heteroatoms. The molecule has 0 saturated heterocycles. The summed E-state index contributed by atoms with van der Waals surface area (Å²) in [5, 5.41) is 0. The van der Waals surface area contributed by atoms with Gasteiger partial charge in [-0.1, -0.05) is 11.6 Å². The molecule has 3 aliphatic heterocycles. The lowest BCUT2D eigenvalue weighted by atomic mass is 10.1. The largest absolute Gasteiger partial charge is 0.527 e. The number of nitrogens with zero attached hydrogens (tertiary/aromatic N) is 2. The molecular weight excluding hydrogens is 247 g/mol. The van der Waals surface area contributed by atoms with E-state index in [9.17, 15) is 0 Å². The molecule has 90 valence electrons. The first-order valence-electron chi connectivity index (χ1n) is 5.99. The monoisotopic (exact) mass is 264 g/mol. The molecule has 2 atom stereocenters. The van der Waals surface area contributed by atoms with Crippen LogP contribution in [0, 0.1) is 0 Å². The quantitative estimate of drug-likeness (QED) is 0.377. The maximum absolute atomic E-state index is 5.91. The van der Waals surface area contributed by atoms with Crippen molar-refractivity contribution in [2.24, 2.45) is 4.76 Å². The number of amidine groups is 1. The predicted octanol–water partition coefficient (Wildman–Crippen LogP) is 3.63. The van der Waals surface area contributed by atoms with E-state index < -0.39 is 6.62 Å². The highest BCUT2D eigenvalue weighted by atomic mass is 32.7. The molecule has 0 aliphatic carbocycles. The van der Waals surface area contributed by atoms with Crippen LogP contribution in [0.15, 0.2) is 39.8 Å². The van der Waals surface area contributed by atoms with Gasteiger partial charge < -0.3 is 12.2 Å². The molecule has 17 heavy (non-hydrogen) atoms. The molecule has 1 unspecified atom stereocenters. The van der Waals surface area contributed by atoms with Crippen LogP contribution in [0.25, 0.3) is 0 Å². The highest BCUT2D eigenvalue weighted by molar-refractivity contribution is 8.42. The zero-order valence-electron chi connectivity index (χ0n) is 10.5. The first-order valence-corrected chi connectivity index (χ1v) is 8.99. The van der Waals surface area contributed by atoms with Gasteiger partial charge in [0, 0.05) is 19.2 Å². The summed E-state index contributed by atoms with van der Waals surface area (Å²) in [6.45, 7) is 4.98. The van der Waals surface area contributed by atoms with Crippen molar-refractivity contribution in [3.8, 4) is 0 Å². The lowest BCUT2D eigenvalue weighted by Crippen LogP contribution is -2.34. The van der Waals surface area contributed by atoms with Gasteiger partial charge in [-0.15, -0.1) is 4.76 Å². The summed E-state index contributed by atoms with van der Waals surface area (Å²) in [5.41, 5.74) is 4.27. The molecule has 0 aromatic heterocycles. The molecule has 3 rings (SSSR count). The smallest absolute Gasteiger partial charge is 0.171 e. The summed E-state index contributed by atoms with van der Waals surface area (Å²) in [4.78, 5) is 2.33. The van der Waals surface area contributed by atoms with Crippen molar-refractivity contribution in [3.63, 3.8) is 0 Å². The van der Waals surface area contributed by atoms with Gasteiger partial charge in [-0.05, 0) is 38.0 Å². The second-order valence-corrected chi connectivity index (χ2v) is 9.75. The van der Waals surface area contributed by atoms with Gasteiger partial charge in [-0.3, -0.25) is 4.90 Å². The zero-order valence-corrected chi connectivity index (χ0v) is 12.2. The third-order valence-corrected chi connectivity index (χ3v) is 8.04. The zero-order chi connectivity index (χ0) is 12.2. The molecule has 0 aromatic rings. The van der Waals surface area contributed by atoms with Crippen molar-refractivity contribution in [2.45, 2.75) is 33.0 Å². The average molecular weight is 264 g/mol. The van der Waals surface area contributed by atoms with Crippen LogP contribution >= 0.6 is 6.62 Å². The number of hydrogen-bond acceptors (Lipinski definition) is 3. The van der Waals surface area contributed by atoms with Gasteiger partial charge >= 0.3 is 0 Å². The van der Waals surface area contributed by atoms with Crippen molar-refractivity contribution in [3.05, 3.63) is 35.1 Å². The van der Waals surface area contributed by atoms with Gasteiger partial charge in [0.2, 0.25) is 0 Å². The summed E-state index contributed by atoms with van der Waals surface area (Å²) in [6.07, 6.45) is 8.58. The fourth-order valence-electron chi connectivity index (χ4n) is 2.68. The summed E-state index contributed by atoms with van der Waals surface area (Å²) >= 11 is 5.91. The molecule has 3 heterocycles. The van der Waals surface area contributed by atoms with Crippen molar-refractivity contribution < 1.29 is 0 Å². The standard InChI is InChI=1S/C13H17N2PS/c1-9-4-5-12-14-16(17)8-11(3)10(2)6-13(16)15(12)7-9/h4-5,7,13H,6,8H2,1-3H3/t13-,16?/m0/s1. The van der Waals surface area contributed by atoms with E-state index in [1.807, 2.05) is 0 Å². The van der Waals surface area contributed by atoms with Crippen LogP contribution in [-0.2, 0) is 12.2 Å². The third kappa shape index (κ3) is 1.71. The molecule has 0 fully saturated rings. The highest BCUT2D eigenvalue weighted by Crippen LogP contribution is 2.71. The fraction of sp³-hybridized carbons (Fsp3) is 0.462. The topological polar surface area (TPSA) is 15.6 Å². The van der Waals surface area contributed by atoms with Crippen LogP contribution in [0.3, 0.4) is 0 Å². The summed E-state index contributed by atoms with van der Waals surface area (Å²) in [5.74, 6) is 1.53. The molecule has 3 aliphatic rings. The van der Waals surface area contributed by atoms with Crippen molar-refractivity contribution >= 4 is 24.7 Å². The van der Waals surface area contributed by atoms with Gasteiger partial charge in [-0.25, -0.2) is 0 Å². The summed E-state index contributed by atoms with van der Waals surface area (Å²) in [6, 6.07) is 0. The van der Waals surface area contributed by atoms with Crippen LogP contribution in [0.1, 0.15) is 27.2 Å². The highest BCUT2D eigenvalue weighted by Gasteiger charge is 2.48. The van der Waals surface area contributed by atoms with E-state index >= 15 is 0 Å². The van der Waals surface area contributed by atoms with E-state index in [4.69, 9.17) is 17.0 Å². The molecule has 0 radical (unpaired) electrons. The number of allylic oxidation sites excluding steroid dienone is 3. The van der Waals surface area contributed by atoms with Crippen LogP contribution in [0.5, 0.6) is 0 Å². The first-order chi connectivity index (χ1) is 7.99. The lowest BCUT2D eigenvalue weighted by molar-refractivity contribution is 0.510. The van der Waals surface area contributed by atoms with Crippen molar-refractivity contribution in [2.75, 3.05) is 6.16 Å². The minimum absolute atomic E-state index is 0.441. The molecule has 0 amide bonds. The Labute approximate surface area is 109 Å². The van der Waals surface area contributed by atoms with Gasteiger partial charge in [0.1, 0.15) is 0 Å². The van der Waals surface area contributed by atoms with Crippen molar-refractivity contribution in [1.82, 2.24) is 4.90 Å². The van der Waals surface area contributed by atoms with Crippen molar-refractivity contribution in [1.29, 1.82) is 0 Å². The fourth-order valence-corrected chi connectivity index (χ4v) is 7.06. The Morgan fingerprint density at radius 1 is 1.29 bits per heavy atom. The molecule has 2 nitrogen and oxygen atoms in total. The molecule has 0 aromatic carbocycles. The van der Waals surface area contributed by atoms with E-state index in [1.165, 1.54) is 16.7 Å². The Morgan fingerprint density at radius 2 is 2.06 bits per heavy atom. The van der Waals surface area contributed by atoms with Gasteiger partial charge in [0.25, 0.3) is 0 Å². The minimum atomic E-state index is -1.61. The number of hydrogen-bond donors (Lipinski definition) is 0. The Kier molecular flexibility index (Phi) is 2.53. The van der Waals surface area contributed by atoms with Gasteiger partial charge in [-0.2, -0.15) is 0 Å². The molecule has 0 spiro atoms. The normalized spacial score (nSPS) is 35.5. The predicted molar refractivity (Wildman–Crippen MR) is 78.1 cm³/mol. The van der Waals surface area contributed by atoms with Gasteiger partial charge in [0.15, 0.2) is 11.6 Å². The summed E-state index contributed by atoms with van der Waals surface area (Å²) in [7, 11) is 0. The van der Waals surface area contributed by atoms with E-state index in [-0.39, 0.29) is 0 Å². The van der Waals surface area contributed by atoms with E-state index in [0.717, 1.165) is 18.4 Å². The van der Waals surface area contributed by atoms with Gasteiger partial charge in [0.05, 0.1) is 6.16 Å². The number of fused-ring (bicyclic) bond motifs is 3. The number of rotatable bonds is 0. The second kappa shape index (κ2) is 3.73. The molecular formula is C13H17N2PS. The molecule has 0 N–H and O–H groups in total. The Balaban J connectivity index is 2.03. The van der Waals surface area contributed by atoms with Crippen LogP contribution in [0.4, 0.5) is 0 Å². The maximum atomic E-state index is 5.91. The average Bonchev–Trinajstić information content (AvgIpc) is 2.52.